The highest BCUT2D eigenvalue weighted by atomic mass is 35.5. The van der Waals surface area contributed by atoms with Crippen LogP contribution in [-0.2, 0) is 6.54 Å². The Kier molecular flexibility index (Phi) is 7.00. The summed E-state index contributed by atoms with van der Waals surface area (Å²) in [7, 11) is 0. The molecule has 0 fully saturated rings. The second kappa shape index (κ2) is 9.23. The normalized spacial score (nSPS) is 12.0. The molecule has 0 unspecified atom stereocenters. The summed E-state index contributed by atoms with van der Waals surface area (Å²) < 4.78 is 2.48. The minimum atomic E-state index is -0.638. The summed E-state index contributed by atoms with van der Waals surface area (Å²) in [5, 5.41) is 12.8. The van der Waals surface area contributed by atoms with Crippen LogP contribution in [0.4, 0.5) is 5.95 Å². The molecule has 1 aromatic carbocycles. The molecule has 0 atom stereocenters. The van der Waals surface area contributed by atoms with Gasteiger partial charge in [0.1, 0.15) is 5.76 Å². The van der Waals surface area contributed by atoms with Gasteiger partial charge in [-0.1, -0.05) is 36.4 Å². The van der Waals surface area contributed by atoms with Gasteiger partial charge in [0.25, 0.3) is 0 Å². The molecule has 0 aliphatic heterocycles. The van der Waals surface area contributed by atoms with Gasteiger partial charge >= 0.3 is 11.4 Å². The van der Waals surface area contributed by atoms with E-state index >= 15 is 0 Å². The molecule has 0 bridgehead atoms. The van der Waals surface area contributed by atoms with Crippen molar-refractivity contribution in [1.82, 2.24) is 14.1 Å². The maximum absolute atomic E-state index is 13.0. The quantitative estimate of drug-likeness (QED) is 0.545. The van der Waals surface area contributed by atoms with Crippen molar-refractivity contribution in [1.29, 1.82) is 0 Å². The van der Waals surface area contributed by atoms with E-state index in [0.717, 1.165) is 10.1 Å². The molecule has 1 heterocycles. The minimum Gasteiger partial charge on any atom is -0.509 e. The fourth-order valence-electron chi connectivity index (χ4n) is 2.48. The van der Waals surface area contributed by atoms with Crippen molar-refractivity contribution >= 4 is 17.5 Å². The molecular formula is C20H23ClN4O3. The van der Waals surface area contributed by atoms with Crippen molar-refractivity contribution in [3.8, 4) is 0 Å². The molecule has 0 radical (unpaired) electrons. The number of aliphatic hydroxyl groups excluding tert-OH is 1. The zero-order valence-electron chi connectivity index (χ0n) is 16.0. The summed E-state index contributed by atoms with van der Waals surface area (Å²) in [5.74, 6) is -0.0222. The highest BCUT2D eigenvalue weighted by molar-refractivity contribution is 6.30. The SMILES string of the molecule is C=C(O)/C=C\C(=C/C)Nc1nc(=O)n(C(C)C)c(=O)n1Cc1ccc(Cl)cc1. The van der Waals surface area contributed by atoms with Gasteiger partial charge in [0, 0.05) is 16.8 Å². The summed E-state index contributed by atoms with van der Waals surface area (Å²) in [4.78, 5) is 29.4. The molecule has 7 nitrogen and oxygen atoms in total. The van der Waals surface area contributed by atoms with Gasteiger partial charge in [-0.25, -0.2) is 14.2 Å². The van der Waals surface area contributed by atoms with E-state index in [0.29, 0.717) is 10.7 Å². The summed E-state index contributed by atoms with van der Waals surface area (Å²) in [6, 6.07) is 6.73. The first-order valence-electron chi connectivity index (χ1n) is 8.70. The molecule has 2 N–H and O–H groups in total. The average Bonchev–Trinajstić information content (AvgIpc) is 2.62. The van der Waals surface area contributed by atoms with Crippen LogP contribution in [0.2, 0.25) is 5.02 Å². The zero-order valence-corrected chi connectivity index (χ0v) is 16.8. The Morgan fingerprint density at radius 1 is 1.29 bits per heavy atom. The summed E-state index contributed by atoms with van der Waals surface area (Å²) >= 11 is 5.93. The molecular weight excluding hydrogens is 380 g/mol. The number of rotatable bonds is 7. The Hall–Kier alpha value is -3.06. The van der Waals surface area contributed by atoms with E-state index in [2.05, 4.69) is 16.9 Å². The van der Waals surface area contributed by atoms with E-state index in [4.69, 9.17) is 11.6 Å². The zero-order chi connectivity index (χ0) is 20.8. The van der Waals surface area contributed by atoms with Gasteiger partial charge < -0.3 is 10.4 Å². The molecule has 2 aromatic rings. The number of hydrogen-bond acceptors (Lipinski definition) is 5. The molecule has 0 spiro atoms. The fourth-order valence-corrected chi connectivity index (χ4v) is 2.61. The Bertz CT molecular complexity index is 1030. The van der Waals surface area contributed by atoms with E-state index < -0.39 is 11.4 Å². The van der Waals surface area contributed by atoms with Gasteiger partial charge in [0.05, 0.1) is 6.54 Å². The largest absolute Gasteiger partial charge is 0.509 e. The third kappa shape index (κ3) is 5.23. The maximum Gasteiger partial charge on any atom is 0.355 e. The lowest BCUT2D eigenvalue weighted by molar-refractivity contribution is 0.435. The molecule has 8 heteroatoms. The van der Waals surface area contributed by atoms with Gasteiger partial charge in [-0.15, -0.1) is 0 Å². The van der Waals surface area contributed by atoms with Crippen LogP contribution in [0.3, 0.4) is 0 Å². The summed E-state index contributed by atoms with van der Waals surface area (Å²) in [6.45, 7) is 8.85. The monoisotopic (exact) mass is 402 g/mol. The van der Waals surface area contributed by atoms with Crippen molar-refractivity contribution < 1.29 is 5.11 Å². The maximum atomic E-state index is 13.0. The van der Waals surface area contributed by atoms with E-state index in [1.165, 1.54) is 10.6 Å². The molecule has 0 saturated heterocycles. The number of benzene rings is 1. The van der Waals surface area contributed by atoms with E-state index in [-0.39, 0.29) is 24.3 Å². The topological polar surface area (TPSA) is 89.2 Å². The van der Waals surface area contributed by atoms with Crippen LogP contribution in [0.25, 0.3) is 0 Å². The van der Waals surface area contributed by atoms with Crippen LogP contribution in [0.1, 0.15) is 32.4 Å². The molecule has 2 rings (SSSR count). The minimum absolute atomic E-state index is 0.100. The van der Waals surface area contributed by atoms with Crippen LogP contribution in [-0.4, -0.2) is 19.2 Å². The highest BCUT2D eigenvalue weighted by Gasteiger charge is 2.16. The first kappa shape index (κ1) is 21.2. The van der Waals surface area contributed by atoms with Crippen LogP contribution >= 0.6 is 11.6 Å². The Morgan fingerprint density at radius 3 is 2.46 bits per heavy atom. The Labute approximate surface area is 167 Å². The number of nitrogens with zero attached hydrogens (tertiary/aromatic N) is 3. The molecule has 0 saturated carbocycles. The highest BCUT2D eigenvalue weighted by Crippen LogP contribution is 2.13. The predicted molar refractivity (Wildman–Crippen MR) is 112 cm³/mol. The van der Waals surface area contributed by atoms with Crippen LogP contribution in [0, 0.1) is 0 Å². The number of allylic oxidation sites excluding steroid dienone is 3. The van der Waals surface area contributed by atoms with Gasteiger partial charge in [-0.3, -0.25) is 4.57 Å². The molecule has 0 amide bonds. The van der Waals surface area contributed by atoms with Crippen LogP contribution in [0.15, 0.2) is 70.1 Å². The molecule has 28 heavy (non-hydrogen) atoms. The second-order valence-electron chi connectivity index (χ2n) is 6.37. The van der Waals surface area contributed by atoms with Gasteiger partial charge in [-0.2, -0.15) is 4.98 Å². The lowest BCUT2D eigenvalue weighted by Crippen LogP contribution is -2.43. The lowest BCUT2D eigenvalue weighted by Gasteiger charge is -2.17. The van der Waals surface area contributed by atoms with Crippen molar-refractivity contribution in [2.45, 2.75) is 33.4 Å². The lowest BCUT2D eigenvalue weighted by atomic mass is 10.2. The van der Waals surface area contributed by atoms with E-state index in [1.54, 1.807) is 57.2 Å². The first-order chi connectivity index (χ1) is 13.2. The predicted octanol–water partition coefficient (Wildman–Crippen LogP) is 3.63. The number of aliphatic hydroxyl groups is 1. The molecule has 1 aromatic heterocycles. The second-order valence-corrected chi connectivity index (χ2v) is 6.81. The number of hydrogen-bond donors (Lipinski definition) is 2. The Morgan fingerprint density at radius 2 is 1.93 bits per heavy atom. The number of aromatic nitrogens is 3. The van der Waals surface area contributed by atoms with Crippen molar-refractivity contribution in [3.05, 3.63) is 92.1 Å². The fraction of sp³-hybridized carbons (Fsp3) is 0.250. The van der Waals surface area contributed by atoms with Gasteiger partial charge in [0.15, 0.2) is 0 Å². The number of halogens is 1. The summed E-state index contributed by atoms with van der Waals surface area (Å²) in [5.41, 5.74) is 0.250. The number of anilines is 1. The van der Waals surface area contributed by atoms with Crippen molar-refractivity contribution in [3.63, 3.8) is 0 Å². The number of nitrogens with one attached hydrogen (secondary N) is 1. The third-order valence-electron chi connectivity index (χ3n) is 3.89. The van der Waals surface area contributed by atoms with Gasteiger partial charge in [0.2, 0.25) is 5.95 Å². The van der Waals surface area contributed by atoms with Crippen molar-refractivity contribution in [2.24, 2.45) is 0 Å². The average molecular weight is 403 g/mol. The van der Waals surface area contributed by atoms with Crippen LogP contribution in [0.5, 0.6) is 0 Å². The molecule has 148 valence electrons. The van der Waals surface area contributed by atoms with E-state index in [1.807, 2.05) is 0 Å². The Balaban J connectivity index is 2.57. The van der Waals surface area contributed by atoms with Gasteiger partial charge in [-0.05, 0) is 50.6 Å². The summed E-state index contributed by atoms with van der Waals surface area (Å²) in [6.07, 6.45) is 4.67. The standard InChI is InChI=1S/C20H23ClN4O3/c1-5-17(11-6-14(4)26)22-18-23-19(27)25(13(2)3)20(28)24(18)12-15-7-9-16(21)10-8-15/h5-11,13,26H,4,12H2,1-3H3,(H,22,23,27)/b11-6-,17-5+. The van der Waals surface area contributed by atoms with Crippen LogP contribution < -0.4 is 16.7 Å². The van der Waals surface area contributed by atoms with Crippen molar-refractivity contribution in [2.75, 3.05) is 5.32 Å². The third-order valence-corrected chi connectivity index (χ3v) is 4.15. The molecule has 0 aliphatic rings. The van der Waals surface area contributed by atoms with E-state index in [9.17, 15) is 14.7 Å². The molecule has 0 aliphatic carbocycles. The smallest absolute Gasteiger partial charge is 0.355 e. The first-order valence-corrected chi connectivity index (χ1v) is 9.07.